The molecule has 6 heteroatoms. The fraction of sp³-hybridized carbons (Fsp3) is 0.263. The second-order valence-corrected chi connectivity index (χ2v) is 6.74. The molecule has 5 nitrogen and oxygen atoms in total. The second-order valence-electron chi connectivity index (χ2n) is 5.88. The van der Waals surface area contributed by atoms with Crippen molar-refractivity contribution in [2.75, 3.05) is 19.8 Å². The maximum absolute atomic E-state index is 12.7. The van der Waals surface area contributed by atoms with Crippen LogP contribution in [0, 0.1) is 0 Å². The fourth-order valence-electron chi connectivity index (χ4n) is 2.96. The Labute approximate surface area is 149 Å². The molecule has 0 spiro atoms. The van der Waals surface area contributed by atoms with E-state index in [9.17, 15) is 4.79 Å². The van der Waals surface area contributed by atoms with Crippen LogP contribution < -0.4 is 0 Å². The minimum Gasteiger partial charge on any atom is -0.469 e. The van der Waals surface area contributed by atoms with Crippen molar-refractivity contribution in [3.8, 4) is 10.6 Å². The molecule has 0 aliphatic carbocycles. The Kier molecular flexibility index (Phi) is 4.63. The van der Waals surface area contributed by atoms with Crippen molar-refractivity contribution in [1.82, 2.24) is 9.88 Å². The van der Waals surface area contributed by atoms with Crippen molar-refractivity contribution >= 4 is 17.2 Å². The molecule has 1 amide bonds. The predicted molar refractivity (Wildman–Crippen MR) is 95.2 cm³/mol. The number of morpholine rings is 1. The quantitative estimate of drug-likeness (QED) is 0.719. The molecule has 2 aromatic heterocycles. The number of nitrogens with zero attached hydrogens (tertiary/aromatic N) is 2. The van der Waals surface area contributed by atoms with Gasteiger partial charge in [-0.25, -0.2) is 4.98 Å². The zero-order valence-electron chi connectivity index (χ0n) is 13.6. The summed E-state index contributed by atoms with van der Waals surface area (Å²) in [5, 5.41) is 2.98. The number of thiazole rings is 1. The van der Waals surface area contributed by atoms with Gasteiger partial charge in [0.15, 0.2) is 0 Å². The Morgan fingerprint density at radius 3 is 2.92 bits per heavy atom. The highest BCUT2D eigenvalue weighted by Gasteiger charge is 2.30. The smallest absolute Gasteiger partial charge is 0.230 e. The molecule has 1 atom stereocenters. The van der Waals surface area contributed by atoms with E-state index in [0.29, 0.717) is 25.5 Å². The molecule has 0 bridgehead atoms. The lowest BCUT2D eigenvalue weighted by Crippen LogP contribution is -2.44. The first-order valence-corrected chi connectivity index (χ1v) is 9.09. The summed E-state index contributed by atoms with van der Waals surface area (Å²) in [6.07, 6.45) is 1.85. The molecule has 0 radical (unpaired) electrons. The highest BCUT2D eigenvalue weighted by Crippen LogP contribution is 2.30. The highest BCUT2D eigenvalue weighted by molar-refractivity contribution is 7.13. The largest absolute Gasteiger partial charge is 0.469 e. The van der Waals surface area contributed by atoms with E-state index in [1.807, 2.05) is 46.7 Å². The third kappa shape index (κ3) is 3.50. The number of carbonyl (C=O) groups is 1. The van der Waals surface area contributed by atoms with Gasteiger partial charge >= 0.3 is 0 Å². The Balaban J connectivity index is 1.55. The highest BCUT2D eigenvalue weighted by atomic mass is 32.1. The first-order valence-electron chi connectivity index (χ1n) is 8.22. The summed E-state index contributed by atoms with van der Waals surface area (Å²) in [5.74, 6) is 0.719. The molecule has 0 N–H and O–H groups in total. The van der Waals surface area contributed by atoms with Gasteiger partial charge in [-0.15, -0.1) is 11.3 Å². The molecular weight excluding hydrogens is 336 g/mol. The molecular formula is C19H18N2O3S. The van der Waals surface area contributed by atoms with E-state index in [2.05, 4.69) is 0 Å². The molecule has 1 aliphatic rings. The molecule has 1 aromatic carbocycles. The van der Waals surface area contributed by atoms with Crippen molar-refractivity contribution in [3.05, 3.63) is 65.6 Å². The maximum atomic E-state index is 12.7. The number of rotatable bonds is 4. The van der Waals surface area contributed by atoms with Gasteiger partial charge in [-0.3, -0.25) is 4.79 Å². The van der Waals surface area contributed by atoms with E-state index in [4.69, 9.17) is 14.1 Å². The summed E-state index contributed by atoms with van der Waals surface area (Å²) in [6, 6.07) is 13.5. The van der Waals surface area contributed by atoms with Gasteiger partial charge in [-0.05, 0) is 12.1 Å². The topological polar surface area (TPSA) is 55.6 Å². The number of furan rings is 1. The van der Waals surface area contributed by atoms with Gasteiger partial charge in [0.2, 0.25) is 5.91 Å². The average Bonchev–Trinajstić information content (AvgIpc) is 3.34. The van der Waals surface area contributed by atoms with Gasteiger partial charge < -0.3 is 14.1 Å². The predicted octanol–water partition coefficient (Wildman–Crippen LogP) is 3.55. The van der Waals surface area contributed by atoms with Crippen LogP contribution in [0.15, 0.2) is 58.5 Å². The number of hydrogen-bond donors (Lipinski definition) is 0. The van der Waals surface area contributed by atoms with Crippen molar-refractivity contribution in [2.45, 2.75) is 12.5 Å². The van der Waals surface area contributed by atoms with Crippen LogP contribution in [0.5, 0.6) is 0 Å². The first kappa shape index (κ1) is 16.1. The van der Waals surface area contributed by atoms with E-state index in [0.717, 1.165) is 16.3 Å². The van der Waals surface area contributed by atoms with Crippen molar-refractivity contribution in [1.29, 1.82) is 0 Å². The lowest BCUT2D eigenvalue weighted by Gasteiger charge is -2.34. The van der Waals surface area contributed by atoms with Gasteiger partial charge in [0.25, 0.3) is 0 Å². The number of hydrogen-bond acceptors (Lipinski definition) is 5. The molecule has 1 aliphatic heterocycles. The minimum absolute atomic E-state index is 0.0394. The van der Waals surface area contributed by atoms with Crippen molar-refractivity contribution in [2.24, 2.45) is 0 Å². The minimum atomic E-state index is -0.148. The Bertz CT molecular complexity index is 829. The number of amides is 1. The number of benzene rings is 1. The van der Waals surface area contributed by atoms with Crippen LogP contribution in [0.1, 0.15) is 17.5 Å². The zero-order chi connectivity index (χ0) is 17.1. The van der Waals surface area contributed by atoms with E-state index in [1.165, 1.54) is 0 Å². The summed E-state index contributed by atoms with van der Waals surface area (Å²) in [6.45, 7) is 1.60. The van der Waals surface area contributed by atoms with Crippen LogP contribution in [0.2, 0.25) is 0 Å². The monoisotopic (exact) mass is 354 g/mol. The summed E-state index contributed by atoms with van der Waals surface area (Å²) < 4.78 is 10.9. The van der Waals surface area contributed by atoms with Gasteiger partial charge in [0.05, 0.1) is 37.6 Å². The SMILES string of the molecule is O=C(Cc1ccco1)N1CCOCC1c1csc(-c2ccccc2)n1. The second kappa shape index (κ2) is 7.21. The van der Waals surface area contributed by atoms with Crippen molar-refractivity contribution < 1.29 is 13.9 Å². The molecule has 1 fully saturated rings. The van der Waals surface area contributed by atoms with E-state index in [1.54, 1.807) is 23.7 Å². The standard InChI is InChI=1S/C19H18N2O3S/c22-18(11-15-7-4-9-24-15)21-8-10-23-12-17(21)16-13-25-19(20-16)14-5-2-1-3-6-14/h1-7,9,13,17H,8,10-12H2. The van der Waals surface area contributed by atoms with Gasteiger partial charge in [0.1, 0.15) is 10.8 Å². The van der Waals surface area contributed by atoms with Gasteiger partial charge in [-0.2, -0.15) is 0 Å². The van der Waals surface area contributed by atoms with Crippen LogP contribution in [-0.2, 0) is 16.0 Å². The van der Waals surface area contributed by atoms with Crippen LogP contribution in [-0.4, -0.2) is 35.5 Å². The lowest BCUT2D eigenvalue weighted by atomic mass is 10.1. The summed E-state index contributed by atoms with van der Waals surface area (Å²) in [7, 11) is 0. The summed E-state index contributed by atoms with van der Waals surface area (Å²) in [4.78, 5) is 19.3. The molecule has 25 heavy (non-hydrogen) atoms. The molecule has 128 valence electrons. The summed E-state index contributed by atoms with van der Waals surface area (Å²) >= 11 is 1.59. The number of carbonyl (C=O) groups excluding carboxylic acids is 1. The fourth-order valence-corrected chi connectivity index (χ4v) is 3.84. The normalized spacial score (nSPS) is 17.6. The molecule has 3 heterocycles. The number of aromatic nitrogens is 1. The number of ether oxygens (including phenoxy) is 1. The Morgan fingerprint density at radius 1 is 1.24 bits per heavy atom. The van der Waals surface area contributed by atoms with Crippen LogP contribution >= 0.6 is 11.3 Å². The third-order valence-corrected chi connectivity index (χ3v) is 5.15. The molecule has 4 rings (SSSR count). The maximum Gasteiger partial charge on any atom is 0.230 e. The molecule has 1 unspecified atom stereocenters. The molecule has 1 saturated heterocycles. The summed E-state index contributed by atoms with van der Waals surface area (Å²) in [5.41, 5.74) is 1.97. The van der Waals surface area contributed by atoms with Crippen LogP contribution in [0.3, 0.4) is 0 Å². The lowest BCUT2D eigenvalue weighted by molar-refractivity contribution is -0.139. The Morgan fingerprint density at radius 2 is 2.12 bits per heavy atom. The third-order valence-electron chi connectivity index (χ3n) is 4.24. The van der Waals surface area contributed by atoms with E-state index < -0.39 is 0 Å². The zero-order valence-corrected chi connectivity index (χ0v) is 14.4. The molecule has 0 saturated carbocycles. The first-order chi connectivity index (χ1) is 12.3. The van der Waals surface area contributed by atoms with E-state index >= 15 is 0 Å². The Hall–Kier alpha value is -2.44. The van der Waals surface area contributed by atoms with Crippen LogP contribution in [0.25, 0.3) is 10.6 Å². The van der Waals surface area contributed by atoms with E-state index in [-0.39, 0.29) is 18.4 Å². The van der Waals surface area contributed by atoms with Crippen molar-refractivity contribution in [3.63, 3.8) is 0 Å². The molecule has 3 aromatic rings. The van der Waals surface area contributed by atoms with Gasteiger partial charge in [-0.1, -0.05) is 30.3 Å². The van der Waals surface area contributed by atoms with Gasteiger partial charge in [0, 0.05) is 17.5 Å². The van der Waals surface area contributed by atoms with Crippen LogP contribution in [0.4, 0.5) is 0 Å². The average molecular weight is 354 g/mol.